The van der Waals surface area contributed by atoms with E-state index in [1.807, 2.05) is 0 Å². The number of hydrogen-bond donors (Lipinski definition) is 2. The van der Waals surface area contributed by atoms with E-state index in [2.05, 4.69) is 19.9 Å². The van der Waals surface area contributed by atoms with Crippen molar-refractivity contribution in [1.82, 2.24) is 19.5 Å². The first-order valence-corrected chi connectivity index (χ1v) is 9.04. The molecule has 4 rings (SSSR count). The Morgan fingerprint density at radius 2 is 2.04 bits per heavy atom. The molecule has 25 heavy (non-hydrogen) atoms. The number of imidazole rings is 1. The number of anilines is 1. The maximum absolute atomic E-state index is 9.70. The smallest absolute Gasteiger partial charge is 0.165 e. The van der Waals surface area contributed by atoms with Gasteiger partial charge in [-0.05, 0) is 12.8 Å². The molecule has 136 valence electrons. The Morgan fingerprint density at radius 3 is 2.84 bits per heavy atom. The largest absolute Gasteiger partial charge is 0.394 e. The van der Waals surface area contributed by atoms with Crippen LogP contribution < -0.4 is 4.90 Å². The Labute approximate surface area is 146 Å². The van der Waals surface area contributed by atoms with Crippen molar-refractivity contribution in [3.63, 3.8) is 0 Å². The molecule has 2 aromatic rings. The number of hydrogen-bond acceptors (Lipinski definition) is 7. The summed E-state index contributed by atoms with van der Waals surface area (Å²) in [6.45, 7) is 2.31. The van der Waals surface area contributed by atoms with Gasteiger partial charge in [-0.2, -0.15) is 0 Å². The molecule has 8 nitrogen and oxygen atoms in total. The van der Waals surface area contributed by atoms with Crippen molar-refractivity contribution in [2.24, 2.45) is 0 Å². The molecular formula is C17H25N5O3. The molecule has 1 spiro atoms. The van der Waals surface area contributed by atoms with Gasteiger partial charge in [-0.3, -0.25) is 0 Å². The maximum atomic E-state index is 9.70. The fraction of sp³-hybridized carbons (Fsp3) is 0.706. The average molecular weight is 347 g/mol. The van der Waals surface area contributed by atoms with Crippen LogP contribution in [0, 0.1) is 0 Å². The van der Waals surface area contributed by atoms with Crippen LogP contribution in [0.3, 0.4) is 0 Å². The summed E-state index contributed by atoms with van der Waals surface area (Å²) in [5.74, 6) is 0.829. The normalized spacial score (nSPS) is 21.8. The van der Waals surface area contributed by atoms with Crippen molar-refractivity contribution in [3.8, 4) is 0 Å². The van der Waals surface area contributed by atoms with Gasteiger partial charge in [0, 0.05) is 13.1 Å². The number of aliphatic hydroxyl groups is 2. The molecule has 0 bridgehead atoms. The predicted molar refractivity (Wildman–Crippen MR) is 92.4 cm³/mol. The van der Waals surface area contributed by atoms with E-state index in [9.17, 15) is 5.11 Å². The summed E-state index contributed by atoms with van der Waals surface area (Å²) in [4.78, 5) is 15.6. The minimum Gasteiger partial charge on any atom is -0.394 e. The highest BCUT2D eigenvalue weighted by atomic mass is 16.5. The summed E-state index contributed by atoms with van der Waals surface area (Å²) in [7, 11) is 0. The zero-order valence-electron chi connectivity index (χ0n) is 14.3. The molecule has 2 N–H and O–H groups in total. The minimum absolute atomic E-state index is 0.0522. The summed E-state index contributed by atoms with van der Waals surface area (Å²) in [6.07, 6.45) is 8.32. The van der Waals surface area contributed by atoms with Gasteiger partial charge in [-0.15, -0.1) is 0 Å². The van der Waals surface area contributed by atoms with Crippen LogP contribution in [0.15, 0.2) is 12.7 Å². The summed E-state index contributed by atoms with van der Waals surface area (Å²) < 4.78 is 7.93. The zero-order chi connectivity index (χ0) is 17.3. The topological polar surface area (TPSA) is 96.5 Å². The lowest BCUT2D eigenvalue weighted by molar-refractivity contribution is -0.0783. The molecule has 2 aliphatic rings. The first kappa shape index (κ1) is 16.7. The monoisotopic (exact) mass is 347 g/mol. The van der Waals surface area contributed by atoms with Crippen molar-refractivity contribution in [2.75, 3.05) is 31.2 Å². The molecule has 1 aliphatic carbocycles. The van der Waals surface area contributed by atoms with Crippen LogP contribution in [-0.2, 0) is 11.3 Å². The van der Waals surface area contributed by atoms with Crippen molar-refractivity contribution < 1.29 is 14.9 Å². The molecule has 1 saturated heterocycles. The molecule has 2 fully saturated rings. The quantitative estimate of drug-likeness (QED) is 0.841. The Morgan fingerprint density at radius 1 is 1.20 bits per heavy atom. The number of ether oxygens (including phenoxy) is 1. The second-order valence-corrected chi connectivity index (χ2v) is 7.12. The van der Waals surface area contributed by atoms with E-state index >= 15 is 0 Å². The van der Waals surface area contributed by atoms with Gasteiger partial charge >= 0.3 is 0 Å². The van der Waals surface area contributed by atoms with Crippen LogP contribution >= 0.6 is 0 Å². The summed E-state index contributed by atoms with van der Waals surface area (Å²) in [5.41, 5.74) is 1.37. The first-order chi connectivity index (χ1) is 12.2. The van der Waals surface area contributed by atoms with Crippen LogP contribution in [0.5, 0.6) is 0 Å². The van der Waals surface area contributed by atoms with Crippen molar-refractivity contribution in [2.45, 2.75) is 50.4 Å². The van der Waals surface area contributed by atoms with Gasteiger partial charge in [-0.1, -0.05) is 19.3 Å². The van der Waals surface area contributed by atoms with Crippen molar-refractivity contribution in [3.05, 3.63) is 12.7 Å². The molecule has 1 unspecified atom stereocenters. The molecular weight excluding hydrogens is 322 g/mol. The van der Waals surface area contributed by atoms with Gasteiger partial charge in [0.1, 0.15) is 6.33 Å². The van der Waals surface area contributed by atoms with Gasteiger partial charge in [0.15, 0.2) is 17.0 Å². The van der Waals surface area contributed by atoms with Gasteiger partial charge in [0.2, 0.25) is 0 Å². The summed E-state index contributed by atoms with van der Waals surface area (Å²) >= 11 is 0. The van der Waals surface area contributed by atoms with Crippen LogP contribution in [0.4, 0.5) is 5.82 Å². The summed E-state index contributed by atoms with van der Waals surface area (Å²) in [6, 6.07) is 0. The van der Waals surface area contributed by atoms with Crippen LogP contribution in [-0.4, -0.2) is 67.7 Å². The van der Waals surface area contributed by atoms with E-state index in [4.69, 9.17) is 9.84 Å². The molecule has 3 heterocycles. The SMILES string of the molecule is OCC(O)Cn1cnc2c(N3CCOC4(CCCCC4)C3)ncnc21. The van der Waals surface area contributed by atoms with Crippen molar-refractivity contribution in [1.29, 1.82) is 0 Å². The molecule has 1 saturated carbocycles. The fourth-order valence-electron chi connectivity index (χ4n) is 4.04. The van der Waals surface area contributed by atoms with E-state index in [0.717, 1.165) is 37.3 Å². The number of aliphatic hydroxyl groups excluding tert-OH is 2. The molecule has 0 amide bonds. The van der Waals surface area contributed by atoms with Crippen LogP contribution in [0.25, 0.3) is 11.2 Å². The number of aromatic nitrogens is 4. The minimum atomic E-state index is -0.829. The molecule has 0 aromatic carbocycles. The Bertz CT molecular complexity index is 723. The van der Waals surface area contributed by atoms with E-state index in [0.29, 0.717) is 12.3 Å². The Hall–Kier alpha value is -1.77. The third-order valence-corrected chi connectivity index (χ3v) is 5.31. The van der Waals surface area contributed by atoms with E-state index in [-0.39, 0.29) is 18.8 Å². The molecule has 8 heteroatoms. The van der Waals surface area contributed by atoms with Gasteiger partial charge in [0.25, 0.3) is 0 Å². The van der Waals surface area contributed by atoms with Gasteiger partial charge in [-0.25, -0.2) is 15.0 Å². The molecule has 1 atom stereocenters. The fourth-order valence-corrected chi connectivity index (χ4v) is 4.04. The van der Waals surface area contributed by atoms with E-state index in [1.165, 1.54) is 19.3 Å². The average Bonchev–Trinajstić information content (AvgIpc) is 3.05. The second kappa shape index (κ2) is 6.86. The molecule has 1 aliphatic heterocycles. The first-order valence-electron chi connectivity index (χ1n) is 9.04. The zero-order valence-corrected chi connectivity index (χ0v) is 14.3. The number of fused-ring (bicyclic) bond motifs is 1. The van der Waals surface area contributed by atoms with E-state index in [1.54, 1.807) is 17.2 Å². The van der Waals surface area contributed by atoms with E-state index < -0.39 is 6.10 Å². The van der Waals surface area contributed by atoms with Crippen molar-refractivity contribution >= 4 is 17.0 Å². The predicted octanol–water partition coefficient (Wildman–Crippen LogP) is 0.719. The number of rotatable bonds is 4. The van der Waals surface area contributed by atoms with Gasteiger partial charge in [0.05, 0.1) is 37.8 Å². The highest BCUT2D eigenvalue weighted by molar-refractivity contribution is 5.83. The highest BCUT2D eigenvalue weighted by Crippen LogP contribution is 2.36. The summed E-state index contributed by atoms with van der Waals surface area (Å²) in [5, 5.41) is 18.8. The highest BCUT2D eigenvalue weighted by Gasteiger charge is 2.38. The van der Waals surface area contributed by atoms with Gasteiger partial charge < -0.3 is 24.4 Å². The Kier molecular flexibility index (Phi) is 4.58. The molecule has 0 radical (unpaired) electrons. The van der Waals surface area contributed by atoms with Crippen LogP contribution in [0.1, 0.15) is 32.1 Å². The lowest BCUT2D eigenvalue weighted by Gasteiger charge is -2.45. The number of morpholine rings is 1. The lowest BCUT2D eigenvalue weighted by atomic mass is 9.83. The van der Waals surface area contributed by atoms with Crippen LogP contribution in [0.2, 0.25) is 0 Å². The molecule has 2 aromatic heterocycles. The lowest BCUT2D eigenvalue weighted by Crippen LogP contribution is -2.53. The third-order valence-electron chi connectivity index (χ3n) is 5.31. The Balaban J connectivity index is 1.62. The second-order valence-electron chi connectivity index (χ2n) is 7.12. The number of nitrogens with zero attached hydrogens (tertiary/aromatic N) is 5. The maximum Gasteiger partial charge on any atom is 0.165 e. The third kappa shape index (κ3) is 3.21. The standard InChI is InChI=1S/C17H25N5O3/c23-9-13(24)8-22-12-20-14-15(18-11-19-16(14)22)21-6-7-25-17(10-21)4-2-1-3-5-17/h11-13,23-24H,1-10H2.